The third-order valence-electron chi connectivity index (χ3n) is 4.69. The molecule has 1 aliphatic heterocycles. The van der Waals surface area contributed by atoms with Gasteiger partial charge in [-0.15, -0.1) is 0 Å². The van der Waals surface area contributed by atoms with E-state index in [0.29, 0.717) is 0 Å². The fourth-order valence-corrected chi connectivity index (χ4v) is 3.13. The molecule has 0 aromatic heterocycles. The van der Waals surface area contributed by atoms with Crippen molar-refractivity contribution in [2.45, 2.75) is 26.8 Å². The molecule has 5 heteroatoms. The summed E-state index contributed by atoms with van der Waals surface area (Å²) in [6.07, 6.45) is 1.02. The Labute approximate surface area is 146 Å². The summed E-state index contributed by atoms with van der Waals surface area (Å²) in [6, 6.07) is 10.7. The molecule has 1 saturated heterocycles. The van der Waals surface area contributed by atoms with Gasteiger partial charge in [0.1, 0.15) is 0 Å². The molecule has 1 aliphatic rings. The summed E-state index contributed by atoms with van der Waals surface area (Å²) >= 11 is 0. The third kappa shape index (κ3) is 6.13. The molecule has 1 heterocycles. The lowest BCUT2D eigenvalue weighted by Gasteiger charge is -2.34. The van der Waals surface area contributed by atoms with Gasteiger partial charge in [-0.2, -0.15) is 0 Å². The molecule has 24 heavy (non-hydrogen) atoms. The smallest absolute Gasteiger partial charge is 0.317 e. The average Bonchev–Trinajstić information content (AvgIpc) is 2.62. The zero-order valence-electron chi connectivity index (χ0n) is 15.2. The Morgan fingerprint density at radius 2 is 1.67 bits per heavy atom. The third-order valence-corrected chi connectivity index (χ3v) is 4.69. The summed E-state index contributed by atoms with van der Waals surface area (Å²) in [4.78, 5) is 18.7. The zero-order valence-corrected chi connectivity index (χ0v) is 15.2. The second-order valence-corrected chi connectivity index (χ2v) is 6.36. The molecule has 0 spiro atoms. The first-order valence-corrected chi connectivity index (χ1v) is 9.24. The topological polar surface area (TPSA) is 38.8 Å². The SMILES string of the molecule is CCN(CC)C(=O)NCCCN1CCN(Cc2ccccc2)CC1. The lowest BCUT2D eigenvalue weighted by molar-refractivity contribution is 0.126. The van der Waals surface area contributed by atoms with Gasteiger partial charge >= 0.3 is 6.03 Å². The van der Waals surface area contributed by atoms with Crippen LogP contribution in [-0.2, 0) is 6.54 Å². The monoisotopic (exact) mass is 332 g/mol. The Morgan fingerprint density at radius 3 is 2.29 bits per heavy atom. The number of nitrogens with zero attached hydrogens (tertiary/aromatic N) is 3. The van der Waals surface area contributed by atoms with Crippen molar-refractivity contribution >= 4 is 6.03 Å². The van der Waals surface area contributed by atoms with E-state index < -0.39 is 0 Å². The Balaban J connectivity index is 1.57. The summed E-state index contributed by atoms with van der Waals surface area (Å²) < 4.78 is 0. The lowest BCUT2D eigenvalue weighted by Crippen LogP contribution is -2.46. The number of nitrogens with one attached hydrogen (secondary N) is 1. The molecule has 2 amide bonds. The van der Waals surface area contributed by atoms with Gasteiger partial charge in [-0.1, -0.05) is 30.3 Å². The van der Waals surface area contributed by atoms with Crippen molar-refractivity contribution in [3.05, 3.63) is 35.9 Å². The van der Waals surface area contributed by atoms with Crippen LogP contribution in [0.3, 0.4) is 0 Å². The van der Waals surface area contributed by atoms with Crippen LogP contribution in [0, 0.1) is 0 Å². The number of piperazine rings is 1. The molecule has 1 aromatic rings. The van der Waals surface area contributed by atoms with E-state index in [1.54, 1.807) is 0 Å². The van der Waals surface area contributed by atoms with Crippen LogP contribution in [0.15, 0.2) is 30.3 Å². The number of carbonyl (C=O) groups excluding carboxylic acids is 1. The maximum absolute atomic E-state index is 11.9. The summed E-state index contributed by atoms with van der Waals surface area (Å²) in [7, 11) is 0. The van der Waals surface area contributed by atoms with E-state index in [4.69, 9.17) is 0 Å². The average molecular weight is 332 g/mol. The largest absolute Gasteiger partial charge is 0.338 e. The van der Waals surface area contributed by atoms with Crippen LogP contribution < -0.4 is 5.32 Å². The van der Waals surface area contributed by atoms with Crippen LogP contribution >= 0.6 is 0 Å². The number of benzene rings is 1. The lowest BCUT2D eigenvalue weighted by atomic mass is 10.2. The predicted molar refractivity (Wildman–Crippen MR) is 99.1 cm³/mol. The minimum absolute atomic E-state index is 0.0627. The zero-order chi connectivity index (χ0) is 17.2. The second kappa shape index (κ2) is 10.3. The van der Waals surface area contributed by atoms with Crippen molar-refractivity contribution in [1.29, 1.82) is 0 Å². The van der Waals surface area contributed by atoms with Gasteiger partial charge in [0.25, 0.3) is 0 Å². The first-order valence-electron chi connectivity index (χ1n) is 9.24. The van der Waals surface area contributed by atoms with Gasteiger partial charge in [-0.25, -0.2) is 4.79 Å². The van der Waals surface area contributed by atoms with Crippen molar-refractivity contribution in [1.82, 2.24) is 20.0 Å². The number of hydrogen-bond donors (Lipinski definition) is 1. The van der Waals surface area contributed by atoms with Crippen molar-refractivity contribution in [2.24, 2.45) is 0 Å². The molecule has 1 N–H and O–H groups in total. The molecule has 0 aliphatic carbocycles. The maximum Gasteiger partial charge on any atom is 0.317 e. The highest BCUT2D eigenvalue weighted by Crippen LogP contribution is 2.08. The fraction of sp³-hybridized carbons (Fsp3) is 0.632. The fourth-order valence-electron chi connectivity index (χ4n) is 3.13. The van der Waals surface area contributed by atoms with Gasteiger partial charge < -0.3 is 15.1 Å². The van der Waals surface area contributed by atoms with Gasteiger partial charge in [-0.05, 0) is 32.4 Å². The van der Waals surface area contributed by atoms with Crippen LogP contribution in [0.2, 0.25) is 0 Å². The standard InChI is InChI=1S/C19H32N4O/c1-3-23(4-2)19(24)20-11-8-12-21-13-15-22(16-14-21)17-18-9-6-5-7-10-18/h5-7,9-10H,3-4,8,11-17H2,1-2H3,(H,20,24). The van der Waals surface area contributed by atoms with E-state index in [0.717, 1.165) is 65.3 Å². The van der Waals surface area contributed by atoms with E-state index in [-0.39, 0.29) is 6.03 Å². The molecule has 2 rings (SSSR count). The predicted octanol–water partition coefficient (Wildman–Crippen LogP) is 2.25. The minimum Gasteiger partial charge on any atom is -0.338 e. The van der Waals surface area contributed by atoms with Crippen LogP contribution in [0.4, 0.5) is 4.79 Å². The van der Waals surface area contributed by atoms with E-state index in [2.05, 4.69) is 45.4 Å². The van der Waals surface area contributed by atoms with Crippen LogP contribution in [0.5, 0.6) is 0 Å². The molecule has 1 aromatic carbocycles. The van der Waals surface area contributed by atoms with Crippen LogP contribution in [0.25, 0.3) is 0 Å². The highest BCUT2D eigenvalue weighted by atomic mass is 16.2. The van der Waals surface area contributed by atoms with Crippen molar-refractivity contribution in [3.63, 3.8) is 0 Å². The highest BCUT2D eigenvalue weighted by molar-refractivity contribution is 5.73. The van der Waals surface area contributed by atoms with Gasteiger partial charge in [0.05, 0.1) is 0 Å². The Hall–Kier alpha value is -1.59. The van der Waals surface area contributed by atoms with Crippen LogP contribution in [-0.4, -0.2) is 73.1 Å². The first-order chi connectivity index (χ1) is 11.7. The van der Waals surface area contributed by atoms with E-state index >= 15 is 0 Å². The molecule has 5 nitrogen and oxygen atoms in total. The summed E-state index contributed by atoms with van der Waals surface area (Å²) in [5.74, 6) is 0. The van der Waals surface area contributed by atoms with Gasteiger partial charge in [0.2, 0.25) is 0 Å². The number of hydrogen-bond acceptors (Lipinski definition) is 3. The molecule has 0 saturated carbocycles. The molecule has 0 atom stereocenters. The highest BCUT2D eigenvalue weighted by Gasteiger charge is 2.16. The Morgan fingerprint density at radius 1 is 1.04 bits per heavy atom. The van der Waals surface area contributed by atoms with Gasteiger partial charge in [0.15, 0.2) is 0 Å². The normalized spacial score (nSPS) is 16.1. The summed E-state index contributed by atoms with van der Waals surface area (Å²) in [6.45, 7) is 12.9. The molecule has 0 unspecified atom stereocenters. The number of carbonyl (C=O) groups is 1. The quantitative estimate of drug-likeness (QED) is 0.742. The summed E-state index contributed by atoms with van der Waals surface area (Å²) in [5, 5.41) is 3.02. The number of amides is 2. The van der Waals surface area contributed by atoms with Crippen LogP contribution in [0.1, 0.15) is 25.8 Å². The van der Waals surface area contributed by atoms with Crippen molar-refractivity contribution < 1.29 is 4.79 Å². The van der Waals surface area contributed by atoms with E-state index in [1.807, 2.05) is 18.7 Å². The van der Waals surface area contributed by atoms with Gasteiger partial charge in [0, 0.05) is 52.4 Å². The number of rotatable bonds is 8. The van der Waals surface area contributed by atoms with Crippen molar-refractivity contribution in [3.8, 4) is 0 Å². The van der Waals surface area contributed by atoms with E-state index in [9.17, 15) is 4.79 Å². The van der Waals surface area contributed by atoms with Crippen molar-refractivity contribution in [2.75, 3.05) is 52.4 Å². The second-order valence-electron chi connectivity index (χ2n) is 6.36. The Bertz CT molecular complexity index is 468. The first kappa shape index (κ1) is 18.7. The van der Waals surface area contributed by atoms with Gasteiger partial charge in [-0.3, -0.25) is 4.90 Å². The molecule has 0 radical (unpaired) electrons. The Kier molecular flexibility index (Phi) is 8.05. The molecule has 134 valence electrons. The maximum atomic E-state index is 11.9. The molecular weight excluding hydrogens is 300 g/mol. The molecule has 1 fully saturated rings. The minimum atomic E-state index is 0.0627. The summed E-state index contributed by atoms with van der Waals surface area (Å²) in [5.41, 5.74) is 1.39. The molecular formula is C19H32N4O. The number of urea groups is 1. The molecule has 0 bridgehead atoms. The van der Waals surface area contributed by atoms with E-state index in [1.165, 1.54) is 5.56 Å².